The molecule has 4 rings (SSSR count). The number of rotatable bonds is 4. The molecule has 0 unspecified atom stereocenters. The van der Waals surface area contributed by atoms with E-state index in [1.165, 1.54) is 25.7 Å². The van der Waals surface area contributed by atoms with E-state index in [0.717, 1.165) is 28.1 Å². The highest BCUT2D eigenvalue weighted by Gasteiger charge is 2.27. The van der Waals surface area contributed by atoms with Crippen LogP contribution in [-0.2, 0) is 11.3 Å². The van der Waals surface area contributed by atoms with Crippen LogP contribution in [0.3, 0.4) is 0 Å². The Balaban J connectivity index is 1.58. The molecule has 2 heterocycles. The summed E-state index contributed by atoms with van der Waals surface area (Å²) in [7, 11) is 1.14. The summed E-state index contributed by atoms with van der Waals surface area (Å²) >= 11 is 0. The molecule has 0 amide bonds. The molecule has 1 fully saturated rings. The molecule has 25 heavy (non-hydrogen) atoms. The number of aryl methyl sites for hydroxylation is 1. The van der Waals surface area contributed by atoms with Crippen LogP contribution in [0.2, 0.25) is 0 Å². The van der Waals surface area contributed by atoms with Crippen molar-refractivity contribution in [3.05, 3.63) is 35.5 Å². The normalized spacial score (nSPS) is 17.0. The third-order valence-corrected chi connectivity index (χ3v) is 5.13. The lowest BCUT2D eigenvalue weighted by atomic mass is 9.79. The molecule has 1 aliphatic heterocycles. The standard InChI is InChI=1S/C18H23BN4O2/c1-12-10-20-18(22-17(12)21-14-5-3-4-6-14)23(2)15-7-8-16-13(9-15)11-25-19(16)24/h7-10,14,24H,3-6,11H2,1-2H3,(H,20,21,22). The van der Waals surface area contributed by atoms with Crippen LogP contribution in [0.1, 0.15) is 36.8 Å². The van der Waals surface area contributed by atoms with Crippen molar-refractivity contribution in [3.63, 3.8) is 0 Å². The Morgan fingerprint density at radius 2 is 2.12 bits per heavy atom. The van der Waals surface area contributed by atoms with Gasteiger partial charge in [-0.2, -0.15) is 4.98 Å². The fourth-order valence-corrected chi connectivity index (χ4v) is 3.54. The predicted octanol–water partition coefficient (Wildman–Crippen LogP) is 2.13. The molecule has 2 aromatic rings. The van der Waals surface area contributed by atoms with Gasteiger partial charge in [0.2, 0.25) is 5.95 Å². The van der Waals surface area contributed by atoms with Gasteiger partial charge in [0.25, 0.3) is 0 Å². The lowest BCUT2D eigenvalue weighted by molar-refractivity contribution is 0.275. The maximum atomic E-state index is 9.76. The Kier molecular flexibility index (Phi) is 4.35. The van der Waals surface area contributed by atoms with Gasteiger partial charge in [0.15, 0.2) is 0 Å². The first-order valence-electron chi connectivity index (χ1n) is 8.88. The molecular weight excluding hydrogens is 315 g/mol. The van der Waals surface area contributed by atoms with Crippen molar-refractivity contribution >= 4 is 30.0 Å². The minimum atomic E-state index is -0.813. The molecule has 0 saturated heterocycles. The molecule has 0 spiro atoms. The largest absolute Gasteiger partial charge is 0.491 e. The zero-order valence-corrected chi connectivity index (χ0v) is 14.7. The lowest BCUT2D eigenvalue weighted by Crippen LogP contribution is -2.28. The van der Waals surface area contributed by atoms with E-state index in [1.807, 2.05) is 43.3 Å². The highest BCUT2D eigenvalue weighted by molar-refractivity contribution is 6.61. The zero-order chi connectivity index (χ0) is 17.4. The topological polar surface area (TPSA) is 70.5 Å². The quantitative estimate of drug-likeness (QED) is 0.833. The molecule has 130 valence electrons. The van der Waals surface area contributed by atoms with Gasteiger partial charge >= 0.3 is 7.12 Å². The summed E-state index contributed by atoms with van der Waals surface area (Å²) in [6.07, 6.45) is 6.87. The van der Waals surface area contributed by atoms with Crippen LogP contribution >= 0.6 is 0 Å². The number of hydrogen-bond donors (Lipinski definition) is 2. The van der Waals surface area contributed by atoms with Crippen molar-refractivity contribution in [1.29, 1.82) is 0 Å². The van der Waals surface area contributed by atoms with Crippen molar-refractivity contribution in [3.8, 4) is 0 Å². The maximum absolute atomic E-state index is 9.76. The molecule has 2 N–H and O–H groups in total. The minimum Gasteiger partial charge on any atom is -0.423 e. The second-order valence-corrected chi connectivity index (χ2v) is 6.93. The van der Waals surface area contributed by atoms with Crippen molar-refractivity contribution in [1.82, 2.24) is 9.97 Å². The molecule has 1 aromatic carbocycles. The van der Waals surface area contributed by atoms with E-state index < -0.39 is 7.12 Å². The number of anilines is 3. The molecule has 1 aromatic heterocycles. The second kappa shape index (κ2) is 6.65. The smallest absolute Gasteiger partial charge is 0.423 e. The Morgan fingerprint density at radius 3 is 2.92 bits per heavy atom. The predicted molar refractivity (Wildman–Crippen MR) is 99.5 cm³/mol. The van der Waals surface area contributed by atoms with E-state index >= 15 is 0 Å². The van der Waals surface area contributed by atoms with E-state index in [0.29, 0.717) is 18.6 Å². The molecule has 2 aliphatic rings. The van der Waals surface area contributed by atoms with Gasteiger partial charge in [0.1, 0.15) is 5.82 Å². The van der Waals surface area contributed by atoms with Crippen LogP contribution < -0.4 is 15.7 Å². The van der Waals surface area contributed by atoms with Gasteiger partial charge in [-0.05, 0) is 42.9 Å². The van der Waals surface area contributed by atoms with Crippen LogP contribution in [0.25, 0.3) is 0 Å². The second-order valence-electron chi connectivity index (χ2n) is 6.93. The minimum absolute atomic E-state index is 0.432. The third-order valence-electron chi connectivity index (χ3n) is 5.13. The SMILES string of the molecule is Cc1cnc(N(C)c2ccc3c(c2)COB3O)nc1NC1CCCC1. The van der Waals surface area contributed by atoms with E-state index in [-0.39, 0.29) is 0 Å². The number of aromatic nitrogens is 2. The summed E-state index contributed by atoms with van der Waals surface area (Å²) in [6, 6.07) is 6.42. The van der Waals surface area contributed by atoms with Crippen molar-refractivity contribution in [2.24, 2.45) is 0 Å². The molecule has 1 aliphatic carbocycles. The van der Waals surface area contributed by atoms with Crippen molar-refractivity contribution in [2.75, 3.05) is 17.3 Å². The molecule has 0 atom stereocenters. The molecule has 1 saturated carbocycles. The van der Waals surface area contributed by atoms with Crippen LogP contribution in [0.15, 0.2) is 24.4 Å². The van der Waals surface area contributed by atoms with Crippen molar-refractivity contribution in [2.45, 2.75) is 45.3 Å². The number of nitrogens with one attached hydrogen (secondary N) is 1. The highest BCUT2D eigenvalue weighted by atomic mass is 16.5. The van der Waals surface area contributed by atoms with E-state index in [1.54, 1.807) is 0 Å². The van der Waals surface area contributed by atoms with Gasteiger partial charge in [-0.1, -0.05) is 18.9 Å². The summed E-state index contributed by atoms with van der Waals surface area (Å²) < 4.78 is 5.27. The Bertz CT molecular complexity index is 780. The first-order chi connectivity index (χ1) is 12.1. The summed E-state index contributed by atoms with van der Waals surface area (Å²) in [5.41, 5.74) is 3.89. The molecule has 0 bridgehead atoms. The number of nitrogens with zero attached hydrogens (tertiary/aromatic N) is 3. The Labute approximate surface area is 148 Å². The van der Waals surface area contributed by atoms with E-state index in [4.69, 9.17) is 9.64 Å². The number of fused-ring (bicyclic) bond motifs is 1. The average Bonchev–Trinajstić information content (AvgIpc) is 3.26. The highest BCUT2D eigenvalue weighted by Crippen LogP contribution is 2.27. The van der Waals surface area contributed by atoms with Crippen LogP contribution in [0, 0.1) is 6.92 Å². The van der Waals surface area contributed by atoms with Gasteiger partial charge in [0, 0.05) is 30.5 Å². The van der Waals surface area contributed by atoms with Crippen LogP contribution in [0.4, 0.5) is 17.5 Å². The van der Waals surface area contributed by atoms with Crippen molar-refractivity contribution < 1.29 is 9.68 Å². The maximum Gasteiger partial charge on any atom is 0.491 e. The summed E-state index contributed by atoms with van der Waals surface area (Å²) in [5, 5.41) is 13.3. The van der Waals surface area contributed by atoms with Crippen LogP contribution in [-0.4, -0.2) is 35.2 Å². The fraction of sp³-hybridized carbons (Fsp3) is 0.444. The molecule has 0 radical (unpaired) electrons. The Morgan fingerprint density at radius 1 is 1.32 bits per heavy atom. The zero-order valence-electron chi connectivity index (χ0n) is 14.7. The average molecular weight is 338 g/mol. The monoisotopic (exact) mass is 338 g/mol. The first-order valence-corrected chi connectivity index (χ1v) is 8.88. The van der Waals surface area contributed by atoms with Gasteiger partial charge in [0.05, 0.1) is 6.61 Å². The van der Waals surface area contributed by atoms with E-state index in [2.05, 4.69) is 10.3 Å². The van der Waals surface area contributed by atoms with Gasteiger partial charge in [-0.15, -0.1) is 0 Å². The summed E-state index contributed by atoms with van der Waals surface area (Å²) in [5.74, 6) is 1.58. The lowest BCUT2D eigenvalue weighted by Gasteiger charge is -2.21. The van der Waals surface area contributed by atoms with Gasteiger partial charge in [-0.25, -0.2) is 4.98 Å². The first kappa shape index (κ1) is 16.4. The number of benzene rings is 1. The van der Waals surface area contributed by atoms with Gasteiger partial charge in [-0.3, -0.25) is 0 Å². The summed E-state index contributed by atoms with van der Waals surface area (Å²) in [6.45, 7) is 2.47. The van der Waals surface area contributed by atoms with Gasteiger partial charge < -0.3 is 19.9 Å². The summed E-state index contributed by atoms with van der Waals surface area (Å²) in [4.78, 5) is 11.2. The number of hydrogen-bond acceptors (Lipinski definition) is 6. The molecule has 7 heteroatoms. The fourth-order valence-electron chi connectivity index (χ4n) is 3.54. The van der Waals surface area contributed by atoms with Crippen LogP contribution in [0.5, 0.6) is 0 Å². The van der Waals surface area contributed by atoms with E-state index in [9.17, 15) is 5.02 Å². The molecule has 6 nitrogen and oxygen atoms in total. The molecular formula is C18H23BN4O2. The Hall–Kier alpha value is -2.12. The third kappa shape index (κ3) is 3.21.